The van der Waals surface area contributed by atoms with E-state index >= 15 is 0 Å². The molecule has 0 spiro atoms. The molecule has 2 N–H and O–H groups in total. The first-order chi connectivity index (χ1) is 8.93. The zero-order valence-corrected chi connectivity index (χ0v) is 11.1. The van der Waals surface area contributed by atoms with Gasteiger partial charge in [0.1, 0.15) is 0 Å². The van der Waals surface area contributed by atoms with E-state index in [1.54, 1.807) is 0 Å². The SMILES string of the molecule is c1ccc(C2C[C@@H]2NCCC2CCNCC2)cc1. The lowest BCUT2D eigenvalue weighted by atomic mass is 9.95. The van der Waals surface area contributed by atoms with Crippen LogP contribution in [0, 0.1) is 5.92 Å². The number of rotatable bonds is 5. The largest absolute Gasteiger partial charge is 0.317 e. The second-order valence-corrected chi connectivity index (χ2v) is 5.80. The maximum atomic E-state index is 3.73. The molecule has 2 fully saturated rings. The smallest absolute Gasteiger partial charge is 0.0143 e. The first-order valence-electron chi connectivity index (χ1n) is 7.42. The molecular formula is C16H24N2. The van der Waals surface area contributed by atoms with Gasteiger partial charge in [-0.15, -0.1) is 0 Å². The van der Waals surface area contributed by atoms with Gasteiger partial charge in [0.25, 0.3) is 0 Å². The van der Waals surface area contributed by atoms with Crippen LogP contribution in [0.1, 0.15) is 37.2 Å². The second kappa shape index (κ2) is 5.85. The Morgan fingerprint density at radius 2 is 1.89 bits per heavy atom. The third-order valence-corrected chi connectivity index (χ3v) is 4.44. The normalized spacial score (nSPS) is 28.2. The molecule has 98 valence electrons. The van der Waals surface area contributed by atoms with Crippen molar-refractivity contribution in [3.63, 3.8) is 0 Å². The fourth-order valence-electron chi connectivity index (χ4n) is 3.13. The summed E-state index contributed by atoms with van der Waals surface area (Å²) in [4.78, 5) is 0. The van der Waals surface area contributed by atoms with Crippen molar-refractivity contribution in [2.75, 3.05) is 19.6 Å². The lowest BCUT2D eigenvalue weighted by molar-refractivity contribution is 0.347. The van der Waals surface area contributed by atoms with Crippen molar-refractivity contribution in [1.82, 2.24) is 10.6 Å². The molecule has 2 nitrogen and oxygen atoms in total. The highest BCUT2D eigenvalue weighted by Gasteiger charge is 2.37. The summed E-state index contributed by atoms with van der Waals surface area (Å²) in [5, 5.41) is 7.17. The van der Waals surface area contributed by atoms with Crippen LogP contribution in [0.25, 0.3) is 0 Å². The highest BCUT2D eigenvalue weighted by atomic mass is 15.0. The molecule has 0 amide bonds. The van der Waals surface area contributed by atoms with Crippen molar-refractivity contribution in [2.45, 2.75) is 37.6 Å². The Morgan fingerprint density at radius 1 is 1.11 bits per heavy atom. The summed E-state index contributed by atoms with van der Waals surface area (Å²) < 4.78 is 0. The van der Waals surface area contributed by atoms with Crippen LogP contribution < -0.4 is 10.6 Å². The van der Waals surface area contributed by atoms with Gasteiger partial charge in [-0.2, -0.15) is 0 Å². The van der Waals surface area contributed by atoms with Crippen molar-refractivity contribution in [1.29, 1.82) is 0 Å². The molecule has 1 saturated carbocycles. The molecule has 18 heavy (non-hydrogen) atoms. The van der Waals surface area contributed by atoms with Crippen LogP contribution >= 0.6 is 0 Å². The predicted molar refractivity (Wildman–Crippen MR) is 75.8 cm³/mol. The van der Waals surface area contributed by atoms with Gasteiger partial charge < -0.3 is 10.6 Å². The van der Waals surface area contributed by atoms with E-state index in [1.807, 2.05) is 0 Å². The van der Waals surface area contributed by atoms with Crippen LogP contribution in [0.4, 0.5) is 0 Å². The Kier molecular flexibility index (Phi) is 3.96. The molecule has 1 aliphatic carbocycles. The van der Waals surface area contributed by atoms with Crippen molar-refractivity contribution in [3.8, 4) is 0 Å². The topological polar surface area (TPSA) is 24.1 Å². The van der Waals surface area contributed by atoms with E-state index in [0.717, 1.165) is 17.9 Å². The average molecular weight is 244 g/mol. The first-order valence-corrected chi connectivity index (χ1v) is 7.42. The fourth-order valence-corrected chi connectivity index (χ4v) is 3.13. The maximum absolute atomic E-state index is 3.73. The van der Waals surface area contributed by atoms with Crippen molar-refractivity contribution in [2.24, 2.45) is 5.92 Å². The van der Waals surface area contributed by atoms with Crippen LogP contribution in [-0.2, 0) is 0 Å². The Bertz CT molecular complexity index is 357. The molecule has 2 atom stereocenters. The monoisotopic (exact) mass is 244 g/mol. The minimum absolute atomic E-state index is 0.745. The van der Waals surface area contributed by atoms with Crippen molar-refractivity contribution < 1.29 is 0 Å². The van der Waals surface area contributed by atoms with Gasteiger partial charge in [-0.05, 0) is 56.8 Å². The van der Waals surface area contributed by atoms with E-state index < -0.39 is 0 Å². The van der Waals surface area contributed by atoms with E-state index in [2.05, 4.69) is 41.0 Å². The summed E-state index contributed by atoms with van der Waals surface area (Å²) in [5.74, 6) is 1.73. The van der Waals surface area contributed by atoms with E-state index in [9.17, 15) is 0 Å². The Labute approximate surface area is 110 Å². The molecule has 1 saturated heterocycles. The summed E-state index contributed by atoms with van der Waals surface area (Å²) in [7, 11) is 0. The van der Waals surface area contributed by atoms with Crippen molar-refractivity contribution >= 4 is 0 Å². The van der Waals surface area contributed by atoms with Crippen LogP contribution in [0.5, 0.6) is 0 Å². The standard InChI is InChI=1S/C16H24N2/c1-2-4-14(5-3-1)15-12-16(15)18-11-8-13-6-9-17-10-7-13/h1-5,13,15-18H,6-12H2/t15?,16-/m0/s1. The fraction of sp³-hybridized carbons (Fsp3) is 0.625. The van der Waals surface area contributed by atoms with Gasteiger partial charge in [0, 0.05) is 12.0 Å². The van der Waals surface area contributed by atoms with Gasteiger partial charge in [-0.1, -0.05) is 30.3 Å². The summed E-state index contributed by atoms with van der Waals surface area (Å²) in [6.45, 7) is 3.65. The van der Waals surface area contributed by atoms with E-state index in [0.29, 0.717) is 0 Å². The Balaban J connectivity index is 1.36. The summed E-state index contributed by atoms with van der Waals surface area (Å²) in [6.07, 6.45) is 5.43. The second-order valence-electron chi connectivity index (χ2n) is 5.80. The maximum Gasteiger partial charge on any atom is 0.0143 e. The van der Waals surface area contributed by atoms with Crippen LogP contribution in [0.2, 0.25) is 0 Å². The molecule has 0 aromatic heterocycles. The van der Waals surface area contributed by atoms with Gasteiger partial charge >= 0.3 is 0 Å². The number of hydrogen-bond donors (Lipinski definition) is 2. The quantitative estimate of drug-likeness (QED) is 0.831. The molecular weight excluding hydrogens is 220 g/mol. The minimum Gasteiger partial charge on any atom is -0.317 e. The van der Waals surface area contributed by atoms with Gasteiger partial charge in [0.2, 0.25) is 0 Å². The molecule has 1 heterocycles. The number of hydrogen-bond acceptors (Lipinski definition) is 2. The molecule has 2 heteroatoms. The van der Waals surface area contributed by atoms with E-state index in [4.69, 9.17) is 0 Å². The summed E-state index contributed by atoms with van der Waals surface area (Å²) in [5.41, 5.74) is 1.51. The number of piperidine rings is 1. The molecule has 1 aliphatic heterocycles. The molecule has 3 rings (SSSR count). The van der Waals surface area contributed by atoms with Crippen LogP contribution in [0.3, 0.4) is 0 Å². The van der Waals surface area contributed by atoms with Gasteiger partial charge in [-0.3, -0.25) is 0 Å². The van der Waals surface area contributed by atoms with Gasteiger partial charge in [0.05, 0.1) is 0 Å². The number of benzene rings is 1. The minimum atomic E-state index is 0.745. The molecule has 2 aliphatic rings. The molecule has 1 aromatic rings. The van der Waals surface area contributed by atoms with E-state index in [-0.39, 0.29) is 0 Å². The molecule has 0 radical (unpaired) electrons. The summed E-state index contributed by atoms with van der Waals surface area (Å²) >= 11 is 0. The molecule has 1 aromatic carbocycles. The lowest BCUT2D eigenvalue weighted by Gasteiger charge is -2.22. The predicted octanol–water partition coefficient (Wildman–Crippen LogP) is 2.52. The Morgan fingerprint density at radius 3 is 2.67 bits per heavy atom. The highest BCUT2D eigenvalue weighted by Crippen LogP contribution is 2.40. The van der Waals surface area contributed by atoms with E-state index in [1.165, 1.54) is 50.9 Å². The third-order valence-electron chi connectivity index (χ3n) is 4.44. The van der Waals surface area contributed by atoms with Crippen molar-refractivity contribution in [3.05, 3.63) is 35.9 Å². The molecule has 1 unspecified atom stereocenters. The number of nitrogens with one attached hydrogen (secondary N) is 2. The van der Waals surface area contributed by atoms with Crippen LogP contribution in [0.15, 0.2) is 30.3 Å². The zero-order chi connectivity index (χ0) is 12.2. The van der Waals surface area contributed by atoms with Gasteiger partial charge in [0.15, 0.2) is 0 Å². The van der Waals surface area contributed by atoms with Gasteiger partial charge in [-0.25, -0.2) is 0 Å². The third kappa shape index (κ3) is 3.12. The molecule has 0 bridgehead atoms. The Hall–Kier alpha value is -0.860. The summed E-state index contributed by atoms with van der Waals surface area (Å²) in [6, 6.07) is 11.7. The average Bonchev–Trinajstić information content (AvgIpc) is 3.21. The lowest BCUT2D eigenvalue weighted by Crippen LogP contribution is -2.30. The zero-order valence-electron chi connectivity index (χ0n) is 11.1. The first kappa shape index (κ1) is 12.2. The van der Waals surface area contributed by atoms with Crippen LogP contribution in [-0.4, -0.2) is 25.7 Å². The highest BCUT2D eigenvalue weighted by molar-refractivity contribution is 5.27.